The SMILES string of the molecule is CC(=O)O.CC(=O)O.CC(=O)O.CC(=O)O.NCCN.[Li+].[Li+].[Li+].[Li+]. The first-order valence-electron chi connectivity index (χ1n) is 5.03. The van der Waals surface area contributed by atoms with Gasteiger partial charge >= 0.3 is 75.4 Å². The minimum absolute atomic E-state index is 0. The Labute approximate surface area is 190 Å². The van der Waals surface area contributed by atoms with Crippen molar-refractivity contribution < 1.29 is 115 Å². The summed E-state index contributed by atoms with van der Waals surface area (Å²) in [5.74, 6) is -3.33. The van der Waals surface area contributed by atoms with Crippen LogP contribution in [0.25, 0.3) is 0 Å². The second-order valence-corrected chi connectivity index (χ2v) is 2.65. The molecule has 0 fully saturated rings. The second kappa shape index (κ2) is 56.7. The van der Waals surface area contributed by atoms with E-state index in [1.165, 1.54) is 0 Å². The van der Waals surface area contributed by atoms with Gasteiger partial charge in [-0.3, -0.25) is 19.2 Å². The van der Waals surface area contributed by atoms with E-state index >= 15 is 0 Å². The van der Waals surface area contributed by atoms with Gasteiger partial charge in [0.05, 0.1) is 0 Å². The normalized spacial score (nSPS) is 5.42. The molecule has 24 heavy (non-hydrogen) atoms. The molecule has 0 saturated heterocycles. The van der Waals surface area contributed by atoms with E-state index in [1.54, 1.807) is 0 Å². The number of aliphatic carboxylic acids is 4. The average Bonchev–Trinajstić information content (AvgIpc) is 2.13. The summed E-state index contributed by atoms with van der Waals surface area (Å²) in [5.41, 5.74) is 9.81. The van der Waals surface area contributed by atoms with Crippen molar-refractivity contribution in [1.29, 1.82) is 0 Å². The molecule has 0 unspecified atom stereocenters. The summed E-state index contributed by atoms with van der Waals surface area (Å²) in [6.07, 6.45) is 0. The van der Waals surface area contributed by atoms with E-state index in [2.05, 4.69) is 0 Å². The maximum Gasteiger partial charge on any atom is 1.00 e. The molecule has 0 heterocycles. The fourth-order valence-corrected chi connectivity index (χ4v) is 0. The zero-order chi connectivity index (χ0) is 17.7. The Morgan fingerprint density at radius 3 is 0.583 bits per heavy atom. The molecular weight excluding hydrogens is 304 g/mol. The van der Waals surface area contributed by atoms with Gasteiger partial charge in [-0.25, -0.2) is 0 Å². The Morgan fingerprint density at radius 2 is 0.583 bits per heavy atom. The van der Waals surface area contributed by atoms with Crippen LogP contribution in [0.4, 0.5) is 0 Å². The van der Waals surface area contributed by atoms with Crippen LogP contribution in [-0.4, -0.2) is 57.4 Å². The van der Waals surface area contributed by atoms with Crippen LogP contribution in [-0.2, 0) is 19.2 Å². The summed E-state index contributed by atoms with van der Waals surface area (Å²) in [4.78, 5) is 36.0. The second-order valence-electron chi connectivity index (χ2n) is 2.65. The first-order valence-corrected chi connectivity index (χ1v) is 5.03. The summed E-state index contributed by atoms with van der Waals surface area (Å²) < 4.78 is 0. The molecule has 122 valence electrons. The maximum atomic E-state index is 9.00. The van der Waals surface area contributed by atoms with E-state index in [0.29, 0.717) is 13.1 Å². The van der Waals surface area contributed by atoms with Crippen molar-refractivity contribution in [2.24, 2.45) is 11.5 Å². The van der Waals surface area contributed by atoms with Crippen molar-refractivity contribution in [1.82, 2.24) is 0 Å². The largest absolute Gasteiger partial charge is 1.00 e. The summed E-state index contributed by atoms with van der Waals surface area (Å²) in [7, 11) is 0. The van der Waals surface area contributed by atoms with Crippen LogP contribution in [0.2, 0.25) is 0 Å². The minimum Gasteiger partial charge on any atom is -0.481 e. The van der Waals surface area contributed by atoms with Crippen LogP contribution < -0.4 is 86.9 Å². The topological polar surface area (TPSA) is 201 Å². The van der Waals surface area contributed by atoms with Gasteiger partial charge in [-0.05, 0) is 0 Å². The fraction of sp³-hybridized carbons (Fsp3) is 0.600. The van der Waals surface area contributed by atoms with E-state index < -0.39 is 23.9 Å². The zero-order valence-corrected chi connectivity index (χ0v) is 16.0. The molecule has 0 amide bonds. The molecule has 0 bridgehead atoms. The van der Waals surface area contributed by atoms with Crippen LogP contribution in [0.15, 0.2) is 0 Å². The predicted molar refractivity (Wildman–Crippen MR) is 71.3 cm³/mol. The van der Waals surface area contributed by atoms with Crippen molar-refractivity contribution in [3.8, 4) is 0 Å². The monoisotopic (exact) mass is 328 g/mol. The van der Waals surface area contributed by atoms with E-state index in [0.717, 1.165) is 27.7 Å². The quantitative estimate of drug-likeness (QED) is 0.251. The third-order valence-corrected chi connectivity index (χ3v) is 0.167. The van der Waals surface area contributed by atoms with Crippen molar-refractivity contribution in [3.05, 3.63) is 0 Å². The average molecular weight is 328 g/mol. The van der Waals surface area contributed by atoms with E-state index in [4.69, 9.17) is 51.1 Å². The molecule has 0 spiro atoms. The van der Waals surface area contributed by atoms with Gasteiger partial charge in [0.25, 0.3) is 23.9 Å². The molecule has 14 heteroatoms. The van der Waals surface area contributed by atoms with Crippen LogP contribution in [0.5, 0.6) is 0 Å². The molecule has 0 saturated carbocycles. The van der Waals surface area contributed by atoms with Crippen LogP contribution in [0.1, 0.15) is 27.7 Å². The first-order chi connectivity index (χ1) is 8.84. The molecule has 0 aromatic carbocycles. The van der Waals surface area contributed by atoms with Gasteiger partial charge in [-0.2, -0.15) is 0 Å². The molecule has 0 aromatic heterocycles. The molecule has 0 aliphatic carbocycles. The molecule has 0 aromatic rings. The number of carboxylic acids is 4. The molecule has 10 nitrogen and oxygen atoms in total. The number of hydrogen-bond acceptors (Lipinski definition) is 6. The summed E-state index contributed by atoms with van der Waals surface area (Å²) >= 11 is 0. The van der Waals surface area contributed by atoms with Gasteiger partial charge < -0.3 is 31.9 Å². The van der Waals surface area contributed by atoms with Gasteiger partial charge in [-0.1, -0.05) is 0 Å². The van der Waals surface area contributed by atoms with Crippen molar-refractivity contribution in [2.45, 2.75) is 27.7 Å². The summed E-state index contributed by atoms with van der Waals surface area (Å²) in [6, 6.07) is 0. The van der Waals surface area contributed by atoms with Gasteiger partial charge in [0.1, 0.15) is 0 Å². The number of carboxylic acid groups (broad SMARTS) is 4. The van der Waals surface area contributed by atoms with E-state index in [-0.39, 0.29) is 75.4 Å². The number of rotatable bonds is 1. The van der Waals surface area contributed by atoms with Crippen LogP contribution >= 0.6 is 0 Å². The summed E-state index contributed by atoms with van der Waals surface area (Å²) in [5, 5.41) is 29.7. The third kappa shape index (κ3) is 7040. The molecule has 0 radical (unpaired) electrons. The van der Waals surface area contributed by atoms with Crippen molar-refractivity contribution in [3.63, 3.8) is 0 Å². The fourth-order valence-electron chi connectivity index (χ4n) is 0. The third-order valence-electron chi connectivity index (χ3n) is 0.167. The Bertz CT molecular complexity index is 205. The van der Waals surface area contributed by atoms with Gasteiger partial charge in [0, 0.05) is 40.8 Å². The minimum atomic E-state index is -0.833. The maximum absolute atomic E-state index is 9.00. The van der Waals surface area contributed by atoms with Gasteiger partial charge in [0.15, 0.2) is 0 Å². The van der Waals surface area contributed by atoms with Gasteiger partial charge in [0.2, 0.25) is 0 Å². The molecule has 0 rings (SSSR count). The molecule has 0 aliphatic rings. The van der Waals surface area contributed by atoms with Gasteiger partial charge in [-0.15, -0.1) is 0 Å². The number of hydrogen-bond donors (Lipinski definition) is 6. The predicted octanol–water partition coefficient (Wildman–Crippen LogP) is -12.7. The first kappa shape index (κ1) is 56.4. The van der Waals surface area contributed by atoms with Crippen LogP contribution in [0, 0.1) is 0 Å². The van der Waals surface area contributed by atoms with E-state index in [1.807, 2.05) is 0 Å². The number of carbonyl (C=O) groups is 4. The van der Waals surface area contributed by atoms with Crippen molar-refractivity contribution >= 4 is 23.9 Å². The Hall–Kier alpha value is 0.190. The smallest absolute Gasteiger partial charge is 0.481 e. The molecule has 0 aliphatic heterocycles. The Morgan fingerprint density at radius 1 is 0.542 bits per heavy atom. The molecule has 8 N–H and O–H groups in total. The molecular formula is C10H24Li4N2O8+4. The number of nitrogens with two attached hydrogens (primary N) is 2. The Balaban J connectivity index is -0.0000000161. The van der Waals surface area contributed by atoms with Crippen LogP contribution in [0.3, 0.4) is 0 Å². The Kier molecular flexibility index (Phi) is 133. The standard InChI is InChI=1S/C2H8N2.4C2H4O2.4Li/c3-1-2-4;4*1-2(3)4;;;;/h1-4H2;4*1H3,(H,3,4);;;;/q;;;;;4*+1. The van der Waals surface area contributed by atoms with E-state index in [9.17, 15) is 0 Å². The summed E-state index contributed by atoms with van der Waals surface area (Å²) in [6.45, 7) is 5.53. The zero-order valence-electron chi connectivity index (χ0n) is 16.0. The molecule has 0 atom stereocenters. The van der Waals surface area contributed by atoms with Crippen molar-refractivity contribution in [2.75, 3.05) is 13.1 Å².